The van der Waals surface area contributed by atoms with Gasteiger partial charge in [0.15, 0.2) is 17.1 Å². The average Bonchev–Trinajstić information content (AvgIpc) is 2.93. The van der Waals surface area contributed by atoms with Gasteiger partial charge in [-0.2, -0.15) is 0 Å². The highest BCUT2D eigenvalue weighted by Gasteiger charge is 2.22. The zero-order valence-electron chi connectivity index (χ0n) is 17.1. The normalized spacial score (nSPS) is 12.1. The lowest BCUT2D eigenvalue weighted by molar-refractivity contribution is 0.101. The third-order valence-corrected chi connectivity index (χ3v) is 5.32. The molecule has 0 spiro atoms. The van der Waals surface area contributed by atoms with Gasteiger partial charge in [-0.3, -0.25) is 9.59 Å². The van der Waals surface area contributed by atoms with Crippen molar-refractivity contribution in [2.45, 2.75) is 0 Å². The molecular formula is C24H15ClN2O6. The first-order valence-electron chi connectivity index (χ1n) is 9.78. The molecule has 0 radical (unpaired) electrons. The Hall–Kier alpha value is -4.30. The van der Waals surface area contributed by atoms with Gasteiger partial charge in [-0.05, 0) is 48.5 Å². The molecule has 5 rings (SSSR count). The number of hydrogen-bond acceptors (Lipinski definition) is 6. The van der Waals surface area contributed by atoms with Crippen molar-refractivity contribution >= 4 is 45.8 Å². The molecule has 3 aromatic carbocycles. The number of nitrogens with one attached hydrogen (secondary N) is 2. The Balaban J connectivity index is 1.45. The van der Waals surface area contributed by atoms with Crippen molar-refractivity contribution in [1.29, 1.82) is 0 Å². The Morgan fingerprint density at radius 3 is 2.67 bits per heavy atom. The maximum Gasteiger partial charge on any atom is 0.349 e. The van der Waals surface area contributed by atoms with E-state index in [4.69, 9.17) is 25.5 Å². The first kappa shape index (κ1) is 20.6. The lowest BCUT2D eigenvalue weighted by atomic mass is 10.1. The minimum Gasteiger partial charge on any atom is -0.493 e. The molecule has 0 saturated heterocycles. The summed E-state index contributed by atoms with van der Waals surface area (Å²) in [6, 6.07) is 16.0. The van der Waals surface area contributed by atoms with Crippen LogP contribution in [0, 0.1) is 0 Å². The summed E-state index contributed by atoms with van der Waals surface area (Å²) in [7, 11) is 1.46. The van der Waals surface area contributed by atoms with E-state index in [-0.39, 0.29) is 16.7 Å². The van der Waals surface area contributed by atoms with Crippen LogP contribution in [0.15, 0.2) is 69.9 Å². The third-order valence-electron chi connectivity index (χ3n) is 5.08. The molecule has 9 heteroatoms. The molecule has 1 aliphatic heterocycles. The molecule has 0 unspecified atom stereocenters. The molecule has 33 heavy (non-hydrogen) atoms. The topological polar surface area (TPSA) is 107 Å². The zero-order valence-corrected chi connectivity index (χ0v) is 17.9. The number of halogens is 1. The van der Waals surface area contributed by atoms with Gasteiger partial charge in [-0.15, -0.1) is 0 Å². The summed E-state index contributed by atoms with van der Waals surface area (Å²) < 4.78 is 16.3. The number of hydrogen-bond donors (Lipinski definition) is 2. The van der Waals surface area contributed by atoms with Gasteiger partial charge < -0.3 is 24.5 Å². The molecule has 8 nitrogen and oxygen atoms in total. The van der Waals surface area contributed by atoms with Crippen molar-refractivity contribution in [1.82, 2.24) is 0 Å². The SMILES string of the molecule is COc1cccc2cc(C(=O)Nc3ccc4c(c3)C(=O)Nc3cc(Cl)ccc3O4)c(=O)oc12. The van der Waals surface area contributed by atoms with Crippen LogP contribution >= 0.6 is 11.6 Å². The quantitative estimate of drug-likeness (QED) is 0.412. The molecule has 1 aliphatic rings. The van der Waals surface area contributed by atoms with Crippen LogP contribution in [0.3, 0.4) is 0 Å². The predicted octanol–water partition coefficient (Wildman–Crippen LogP) is 5.07. The molecule has 0 saturated carbocycles. The Morgan fingerprint density at radius 2 is 1.85 bits per heavy atom. The monoisotopic (exact) mass is 462 g/mol. The van der Waals surface area contributed by atoms with Gasteiger partial charge in [0.1, 0.15) is 11.3 Å². The van der Waals surface area contributed by atoms with Crippen LogP contribution in [0.4, 0.5) is 11.4 Å². The van der Waals surface area contributed by atoms with E-state index in [0.717, 1.165) is 0 Å². The van der Waals surface area contributed by atoms with E-state index in [0.29, 0.717) is 39.0 Å². The molecule has 0 fully saturated rings. The van der Waals surface area contributed by atoms with Gasteiger partial charge in [0.25, 0.3) is 11.8 Å². The van der Waals surface area contributed by atoms with Crippen LogP contribution in [0.25, 0.3) is 11.0 Å². The maximum absolute atomic E-state index is 12.8. The minimum absolute atomic E-state index is 0.187. The number of fused-ring (bicyclic) bond motifs is 3. The lowest BCUT2D eigenvalue weighted by Gasteiger charge is -2.10. The van der Waals surface area contributed by atoms with Gasteiger partial charge >= 0.3 is 5.63 Å². The van der Waals surface area contributed by atoms with Crippen LogP contribution in [0.5, 0.6) is 17.2 Å². The van der Waals surface area contributed by atoms with Crippen LogP contribution < -0.4 is 25.7 Å². The Labute approximate surface area is 191 Å². The van der Waals surface area contributed by atoms with Crippen molar-refractivity contribution in [3.63, 3.8) is 0 Å². The van der Waals surface area contributed by atoms with E-state index < -0.39 is 17.4 Å². The number of carbonyl (C=O) groups is 2. The summed E-state index contributed by atoms with van der Waals surface area (Å²) in [4.78, 5) is 38.0. The average molecular weight is 463 g/mol. The van der Waals surface area contributed by atoms with Gasteiger partial charge in [-0.25, -0.2) is 4.79 Å². The number of methoxy groups -OCH3 is 1. The number of anilines is 2. The molecule has 2 amide bonds. The van der Waals surface area contributed by atoms with E-state index >= 15 is 0 Å². The highest BCUT2D eigenvalue weighted by molar-refractivity contribution is 6.31. The molecule has 0 atom stereocenters. The van der Waals surface area contributed by atoms with Crippen molar-refractivity contribution < 1.29 is 23.5 Å². The summed E-state index contributed by atoms with van der Waals surface area (Å²) in [5.41, 5.74) is 0.182. The summed E-state index contributed by atoms with van der Waals surface area (Å²) in [5, 5.41) is 6.34. The van der Waals surface area contributed by atoms with Crippen molar-refractivity contribution in [2.24, 2.45) is 0 Å². The first-order valence-corrected chi connectivity index (χ1v) is 10.2. The minimum atomic E-state index is -0.812. The largest absolute Gasteiger partial charge is 0.493 e. The Bertz CT molecular complexity index is 1510. The summed E-state index contributed by atoms with van der Waals surface area (Å²) in [5.74, 6) is 0.0184. The van der Waals surface area contributed by atoms with Crippen LogP contribution in [-0.4, -0.2) is 18.9 Å². The molecule has 1 aromatic heterocycles. The third kappa shape index (κ3) is 3.77. The number of carbonyl (C=O) groups excluding carboxylic acids is 2. The molecule has 0 bridgehead atoms. The molecule has 2 N–H and O–H groups in total. The molecule has 0 aliphatic carbocycles. The van der Waals surface area contributed by atoms with Gasteiger partial charge in [0, 0.05) is 16.1 Å². The van der Waals surface area contributed by atoms with E-state index in [1.54, 1.807) is 48.5 Å². The molecule has 164 valence electrons. The van der Waals surface area contributed by atoms with Crippen LogP contribution in [0.1, 0.15) is 20.7 Å². The van der Waals surface area contributed by atoms with Crippen LogP contribution in [-0.2, 0) is 0 Å². The van der Waals surface area contributed by atoms with Gasteiger partial charge in [0.2, 0.25) is 0 Å². The molecule has 2 heterocycles. The number of para-hydroxylation sites is 1. The zero-order chi connectivity index (χ0) is 23.1. The van der Waals surface area contributed by atoms with Crippen molar-refractivity contribution in [3.8, 4) is 17.2 Å². The summed E-state index contributed by atoms with van der Waals surface area (Å²) in [6.07, 6.45) is 0. The molecular weight excluding hydrogens is 448 g/mol. The van der Waals surface area contributed by atoms with E-state index in [9.17, 15) is 14.4 Å². The second kappa shape index (κ2) is 7.99. The highest BCUT2D eigenvalue weighted by atomic mass is 35.5. The molecule has 4 aromatic rings. The number of benzene rings is 3. The van der Waals surface area contributed by atoms with E-state index in [1.807, 2.05) is 0 Å². The highest BCUT2D eigenvalue weighted by Crippen LogP contribution is 2.38. The smallest absolute Gasteiger partial charge is 0.349 e. The van der Waals surface area contributed by atoms with Crippen LogP contribution in [0.2, 0.25) is 5.02 Å². The standard InChI is InChI=1S/C24H15ClN2O6/c1-31-20-4-2-3-12-9-16(24(30)33-21(12)20)23(29)26-14-6-8-18-15(11-14)22(28)27-17-10-13(25)5-7-19(17)32-18/h2-11H,1H3,(H,26,29)(H,27,28). The van der Waals surface area contributed by atoms with Gasteiger partial charge in [-0.1, -0.05) is 23.7 Å². The fourth-order valence-electron chi connectivity index (χ4n) is 3.51. The fourth-order valence-corrected chi connectivity index (χ4v) is 3.68. The number of ether oxygens (including phenoxy) is 2. The Morgan fingerprint density at radius 1 is 1.03 bits per heavy atom. The van der Waals surface area contributed by atoms with E-state index in [1.165, 1.54) is 19.2 Å². The second-order valence-corrected chi connectivity index (χ2v) is 7.62. The second-order valence-electron chi connectivity index (χ2n) is 7.19. The van der Waals surface area contributed by atoms with Crippen molar-refractivity contribution in [2.75, 3.05) is 17.7 Å². The first-order chi connectivity index (χ1) is 15.9. The fraction of sp³-hybridized carbons (Fsp3) is 0.0417. The van der Waals surface area contributed by atoms with Gasteiger partial charge in [0.05, 0.1) is 18.4 Å². The lowest BCUT2D eigenvalue weighted by Crippen LogP contribution is -2.21. The summed E-state index contributed by atoms with van der Waals surface area (Å²) >= 11 is 6.00. The van der Waals surface area contributed by atoms with E-state index in [2.05, 4.69) is 10.6 Å². The maximum atomic E-state index is 12.8. The summed E-state index contributed by atoms with van der Waals surface area (Å²) in [6.45, 7) is 0. The Kier molecular flexibility index (Phi) is 4.99. The number of amides is 2. The van der Waals surface area contributed by atoms with Crippen molar-refractivity contribution in [3.05, 3.63) is 87.2 Å². The predicted molar refractivity (Wildman–Crippen MR) is 123 cm³/mol. The number of rotatable bonds is 3.